The van der Waals surface area contributed by atoms with Gasteiger partial charge in [0.05, 0.1) is 6.54 Å². The maximum atomic E-state index is 13.8. The summed E-state index contributed by atoms with van der Waals surface area (Å²) in [7, 11) is 0. The van der Waals surface area contributed by atoms with E-state index in [-0.39, 0.29) is 17.5 Å². The fourth-order valence-corrected chi connectivity index (χ4v) is 3.55. The SMILES string of the molecule is C=C(CNC(Cc1cc(C)c(F)cc1C)C(CCC)CCN)OC(C)(C)C. The zero-order chi connectivity index (χ0) is 20.6. The lowest BCUT2D eigenvalue weighted by Crippen LogP contribution is -2.41. The summed E-state index contributed by atoms with van der Waals surface area (Å²) in [6.45, 7) is 17.4. The van der Waals surface area contributed by atoms with Crippen LogP contribution >= 0.6 is 0 Å². The highest BCUT2D eigenvalue weighted by Crippen LogP contribution is 2.23. The van der Waals surface area contributed by atoms with Crippen LogP contribution in [0.5, 0.6) is 0 Å². The Morgan fingerprint density at radius 1 is 1.22 bits per heavy atom. The molecule has 2 unspecified atom stereocenters. The number of hydrogen-bond donors (Lipinski definition) is 2. The zero-order valence-electron chi connectivity index (χ0n) is 18.1. The topological polar surface area (TPSA) is 47.3 Å². The van der Waals surface area contributed by atoms with E-state index >= 15 is 0 Å². The van der Waals surface area contributed by atoms with E-state index in [1.165, 1.54) is 5.56 Å². The molecule has 1 rings (SSSR count). The number of aryl methyl sites for hydroxylation is 2. The molecule has 4 heteroatoms. The van der Waals surface area contributed by atoms with E-state index in [1.807, 2.05) is 40.7 Å². The molecule has 3 N–H and O–H groups in total. The molecular formula is C23H39FN2O. The van der Waals surface area contributed by atoms with E-state index < -0.39 is 0 Å². The molecule has 0 bridgehead atoms. The van der Waals surface area contributed by atoms with Crippen LogP contribution in [0.25, 0.3) is 0 Å². The van der Waals surface area contributed by atoms with Crippen LogP contribution in [0, 0.1) is 25.6 Å². The Hall–Kier alpha value is -1.39. The van der Waals surface area contributed by atoms with E-state index in [4.69, 9.17) is 10.5 Å². The Morgan fingerprint density at radius 2 is 1.89 bits per heavy atom. The maximum absolute atomic E-state index is 13.8. The van der Waals surface area contributed by atoms with Gasteiger partial charge in [0, 0.05) is 6.04 Å². The summed E-state index contributed by atoms with van der Waals surface area (Å²) in [5.41, 5.74) is 8.51. The third-order valence-corrected chi connectivity index (χ3v) is 4.83. The Kier molecular flexibility index (Phi) is 9.48. The van der Waals surface area contributed by atoms with Gasteiger partial charge >= 0.3 is 0 Å². The van der Waals surface area contributed by atoms with Crippen molar-refractivity contribution in [3.05, 3.63) is 47.0 Å². The minimum absolute atomic E-state index is 0.139. The van der Waals surface area contributed by atoms with E-state index in [0.717, 1.165) is 37.0 Å². The fourth-order valence-electron chi connectivity index (χ4n) is 3.55. The molecule has 2 atom stereocenters. The first kappa shape index (κ1) is 23.6. The lowest BCUT2D eigenvalue weighted by molar-refractivity contribution is 0.0485. The van der Waals surface area contributed by atoms with Crippen molar-refractivity contribution in [1.29, 1.82) is 0 Å². The minimum atomic E-state index is -0.251. The predicted octanol–water partition coefficient (Wildman–Crippen LogP) is 5.04. The normalized spacial score (nSPS) is 14.1. The molecule has 1 aromatic carbocycles. The van der Waals surface area contributed by atoms with E-state index in [9.17, 15) is 4.39 Å². The second-order valence-corrected chi connectivity index (χ2v) is 8.60. The molecule has 27 heavy (non-hydrogen) atoms. The molecule has 0 saturated carbocycles. The molecule has 0 spiro atoms. The van der Waals surface area contributed by atoms with Crippen molar-refractivity contribution in [2.75, 3.05) is 13.1 Å². The molecule has 0 fully saturated rings. The van der Waals surface area contributed by atoms with Gasteiger partial charge in [-0.25, -0.2) is 4.39 Å². The van der Waals surface area contributed by atoms with Gasteiger partial charge in [-0.15, -0.1) is 0 Å². The van der Waals surface area contributed by atoms with Crippen molar-refractivity contribution in [3.8, 4) is 0 Å². The first-order valence-corrected chi connectivity index (χ1v) is 10.1. The second-order valence-electron chi connectivity index (χ2n) is 8.60. The predicted molar refractivity (Wildman–Crippen MR) is 113 cm³/mol. The van der Waals surface area contributed by atoms with Crippen LogP contribution in [0.1, 0.15) is 63.6 Å². The Bertz CT molecular complexity index is 601. The van der Waals surface area contributed by atoms with Crippen molar-refractivity contribution < 1.29 is 9.13 Å². The first-order chi connectivity index (χ1) is 12.6. The maximum Gasteiger partial charge on any atom is 0.126 e. The molecule has 0 amide bonds. The number of rotatable bonds is 11. The highest BCUT2D eigenvalue weighted by molar-refractivity contribution is 5.32. The van der Waals surface area contributed by atoms with Crippen molar-refractivity contribution in [3.63, 3.8) is 0 Å². The molecule has 1 aromatic rings. The third-order valence-electron chi connectivity index (χ3n) is 4.83. The number of ether oxygens (including phenoxy) is 1. The summed E-state index contributed by atoms with van der Waals surface area (Å²) < 4.78 is 19.7. The first-order valence-electron chi connectivity index (χ1n) is 10.1. The van der Waals surface area contributed by atoms with Crippen LogP contribution in [-0.2, 0) is 11.2 Å². The number of nitrogens with two attached hydrogens (primary N) is 1. The summed E-state index contributed by atoms with van der Waals surface area (Å²) >= 11 is 0. The van der Waals surface area contributed by atoms with Crippen molar-refractivity contribution in [1.82, 2.24) is 5.32 Å². The van der Waals surface area contributed by atoms with Crippen LogP contribution in [0.15, 0.2) is 24.5 Å². The van der Waals surface area contributed by atoms with Gasteiger partial charge in [0.25, 0.3) is 0 Å². The van der Waals surface area contributed by atoms with E-state index in [1.54, 1.807) is 6.07 Å². The van der Waals surface area contributed by atoms with Crippen molar-refractivity contribution in [2.45, 2.75) is 78.9 Å². The lowest BCUT2D eigenvalue weighted by Gasteiger charge is -2.30. The summed E-state index contributed by atoms with van der Waals surface area (Å²) in [6.07, 6.45) is 4.04. The molecule has 0 aliphatic carbocycles. The molecule has 0 heterocycles. The van der Waals surface area contributed by atoms with Gasteiger partial charge in [-0.05, 0) is 89.1 Å². The smallest absolute Gasteiger partial charge is 0.126 e. The van der Waals surface area contributed by atoms with E-state index in [0.29, 0.717) is 24.6 Å². The molecule has 0 aliphatic rings. The highest BCUT2D eigenvalue weighted by Gasteiger charge is 2.22. The number of benzene rings is 1. The molecule has 154 valence electrons. The number of halogens is 1. The molecule has 0 radical (unpaired) electrons. The van der Waals surface area contributed by atoms with Gasteiger partial charge in [0.2, 0.25) is 0 Å². The van der Waals surface area contributed by atoms with Crippen LogP contribution in [0.2, 0.25) is 0 Å². The van der Waals surface area contributed by atoms with Crippen LogP contribution in [-0.4, -0.2) is 24.7 Å². The lowest BCUT2D eigenvalue weighted by atomic mass is 9.86. The minimum Gasteiger partial charge on any atom is -0.492 e. The number of hydrogen-bond acceptors (Lipinski definition) is 3. The molecule has 0 saturated heterocycles. The molecule has 0 aromatic heterocycles. The summed E-state index contributed by atoms with van der Waals surface area (Å²) in [5, 5.41) is 3.65. The molecular weight excluding hydrogens is 339 g/mol. The third kappa shape index (κ3) is 8.44. The van der Waals surface area contributed by atoms with Gasteiger partial charge in [0.1, 0.15) is 17.2 Å². The largest absolute Gasteiger partial charge is 0.492 e. The van der Waals surface area contributed by atoms with Crippen LogP contribution < -0.4 is 11.1 Å². The van der Waals surface area contributed by atoms with Crippen LogP contribution in [0.3, 0.4) is 0 Å². The van der Waals surface area contributed by atoms with Crippen LogP contribution in [0.4, 0.5) is 4.39 Å². The van der Waals surface area contributed by atoms with E-state index in [2.05, 4.69) is 18.8 Å². The Morgan fingerprint density at radius 3 is 2.44 bits per heavy atom. The zero-order valence-corrected chi connectivity index (χ0v) is 18.1. The average molecular weight is 379 g/mol. The van der Waals surface area contributed by atoms with Gasteiger partial charge in [-0.1, -0.05) is 26.0 Å². The summed E-state index contributed by atoms with van der Waals surface area (Å²) in [4.78, 5) is 0. The highest BCUT2D eigenvalue weighted by atomic mass is 19.1. The fraction of sp³-hybridized carbons (Fsp3) is 0.652. The Balaban J connectivity index is 2.96. The van der Waals surface area contributed by atoms with Gasteiger partial charge in [-0.3, -0.25) is 0 Å². The quantitative estimate of drug-likeness (QED) is 0.531. The summed E-state index contributed by atoms with van der Waals surface area (Å²) in [6, 6.07) is 3.87. The molecule has 0 aliphatic heterocycles. The Labute approximate surface area is 165 Å². The standard InChI is InChI=1S/C23H39FN2O/c1-8-9-19(10-11-25)22(26-15-18(4)27-23(5,6)7)14-20-12-17(3)21(24)13-16(20)2/h12-13,19,22,26H,4,8-11,14-15,25H2,1-3,5-7H3. The summed E-state index contributed by atoms with van der Waals surface area (Å²) in [5.74, 6) is 1.06. The molecule has 3 nitrogen and oxygen atoms in total. The second kappa shape index (κ2) is 10.8. The average Bonchev–Trinajstić information content (AvgIpc) is 2.54. The van der Waals surface area contributed by atoms with Gasteiger partial charge < -0.3 is 15.8 Å². The van der Waals surface area contributed by atoms with Crippen molar-refractivity contribution in [2.24, 2.45) is 11.7 Å². The van der Waals surface area contributed by atoms with Gasteiger partial charge in [-0.2, -0.15) is 0 Å². The monoisotopic (exact) mass is 378 g/mol. The van der Waals surface area contributed by atoms with Gasteiger partial charge in [0.15, 0.2) is 0 Å². The number of nitrogens with one attached hydrogen (secondary N) is 1. The van der Waals surface area contributed by atoms with Crippen molar-refractivity contribution >= 4 is 0 Å².